The largest absolute Gasteiger partial charge is 0.385 e. The first-order chi connectivity index (χ1) is 8.92. The van der Waals surface area contributed by atoms with Gasteiger partial charge in [-0.2, -0.15) is 0 Å². The summed E-state index contributed by atoms with van der Waals surface area (Å²) in [5.74, 6) is 0.979. The molecule has 0 bridgehead atoms. The van der Waals surface area contributed by atoms with E-state index in [0.29, 0.717) is 30.2 Å². The zero-order chi connectivity index (χ0) is 14.0. The van der Waals surface area contributed by atoms with E-state index in [1.165, 1.54) is 6.07 Å². The zero-order valence-corrected chi connectivity index (χ0v) is 13.2. The van der Waals surface area contributed by atoms with Gasteiger partial charge in [0.15, 0.2) is 0 Å². The van der Waals surface area contributed by atoms with Gasteiger partial charge in [-0.25, -0.2) is 4.39 Å². The molecule has 1 N–H and O–H groups in total. The van der Waals surface area contributed by atoms with E-state index in [1.807, 2.05) is 0 Å². The number of aliphatic hydroxyl groups is 1. The Labute approximate surface area is 123 Å². The van der Waals surface area contributed by atoms with Gasteiger partial charge in [-0.05, 0) is 55.7 Å². The molecule has 0 aromatic heterocycles. The van der Waals surface area contributed by atoms with Gasteiger partial charge in [0.05, 0.1) is 5.60 Å². The SMILES string of the molecule is CC(C)C1CCCC(O)(c2cc(Br)ccc2F)CC1. The summed E-state index contributed by atoms with van der Waals surface area (Å²) in [6.07, 6.45) is 4.38. The highest BCUT2D eigenvalue weighted by molar-refractivity contribution is 9.10. The molecule has 3 heteroatoms. The average molecular weight is 329 g/mol. The van der Waals surface area contributed by atoms with E-state index in [2.05, 4.69) is 29.8 Å². The standard InChI is InChI=1S/C16H22BrFO/c1-11(2)12-4-3-8-16(19,9-7-12)14-10-13(17)5-6-15(14)18/h5-6,10-12,19H,3-4,7-9H2,1-2H3. The molecule has 1 saturated carbocycles. The first-order valence-electron chi connectivity index (χ1n) is 7.10. The number of hydrogen-bond acceptors (Lipinski definition) is 1. The summed E-state index contributed by atoms with van der Waals surface area (Å²) < 4.78 is 14.8. The second kappa shape index (κ2) is 5.92. The van der Waals surface area contributed by atoms with Crippen LogP contribution in [0, 0.1) is 17.7 Å². The maximum Gasteiger partial charge on any atom is 0.129 e. The van der Waals surface area contributed by atoms with Crippen LogP contribution in [0.3, 0.4) is 0 Å². The molecule has 1 aliphatic carbocycles. The third-order valence-corrected chi connectivity index (χ3v) is 4.96. The maximum atomic E-state index is 14.0. The second-order valence-electron chi connectivity index (χ2n) is 6.09. The van der Waals surface area contributed by atoms with E-state index < -0.39 is 5.60 Å². The van der Waals surface area contributed by atoms with Crippen LogP contribution in [0.4, 0.5) is 4.39 Å². The van der Waals surface area contributed by atoms with Crippen LogP contribution in [0.5, 0.6) is 0 Å². The van der Waals surface area contributed by atoms with Crippen molar-refractivity contribution in [2.45, 2.75) is 51.6 Å². The van der Waals surface area contributed by atoms with E-state index in [0.717, 1.165) is 23.7 Å². The van der Waals surface area contributed by atoms with Crippen molar-refractivity contribution in [1.82, 2.24) is 0 Å². The van der Waals surface area contributed by atoms with Crippen molar-refractivity contribution in [2.24, 2.45) is 11.8 Å². The van der Waals surface area contributed by atoms with E-state index in [9.17, 15) is 9.50 Å². The highest BCUT2D eigenvalue weighted by atomic mass is 79.9. The molecular weight excluding hydrogens is 307 g/mol. The molecular formula is C16H22BrFO. The Bertz CT molecular complexity index is 446. The molecule has 2 unspecified atom stereocenters. The van der Waals surface area contributed by atoms with Gasteiger partial charge in [-0.3, -0.25) is 0 Å². The smallest absolute Gasteiger partial charge is 0.129 e. The van der Waals surface area contributed by atoms with Crippen LogP contribution in [-0.2, 0) is 5.60 Å². The van der Waals surface area contributed by atoms with Crippen LogP contribution in [0.25, 0.3) is 0 Å². The van der Waals surface area contributed by atoms with Gasteiger partial charge < -0.3 is 5.11 Å². The van der Waals surface area contributed by atoms with Crippen molar-refractivity contribution >= 4 is 15.9 Å². The molecule has 0 aliphatic heterocycles. The van der Waals surface area contributed by atoms with E-state index >= 15 is 0 Å². The number of benzene rings is 1. The van der Waals surface area contributed by atoms with Gasteiger partial charge >= 0.3 is 0 Å². The molecule has 2 rings (SSSR count). The Balaban J connectivity index is 2.25. The summed E-state index contributed by atoms with van der Waals surface area (Å²) >= 11 is 3.36. The molecule has 0 radical (unpaired) electrons. The Morgan fingerprint density at radius 2 is 2.05 bits per heavy atom. The topological polar surface area (TPSA) is 20.2 Å². The van der Waals surface area contributed by atoms with Gasteiger partial charge in [-0.15, -0.1) is 0 Å². The van der Waals surface area contributed by atoms with Crippen LogP contribution < -0.4 is 0 Å². The molecule has 0 heterocycles. The molecule has 1 fully saturated rings. The highest BCUT2D eigenvalue weighted by Crippen LogP contribution is 2.41. The summed E-state index contributed by atoms with van der Waals surface area (Å²) in [4.78, 5) is 0. The highest BCUT2D eigenvalue weighted by Gasteiger charge is 2.35. The van der Waals surface area contributed by atoms with Gasteiger partial charge in [0, 0.05) is 10.0 Å². The monoisotopic (exact) mass is 328 g/mol. The molecule has 0 amide bonds. The van der Waals surface area contributed by atoms with Crippen molar-refractivity contribution < 1.29 is 9.50 Å². The Kier molecular flexibility index (Phi) is 4.67. The minimum Gasteiger partial charge on any atom is -0.385 e. The van der Waals surface area contributed by atoms with Crippen molar-refractivity contribution in [2.75, 3.05) is 0 Å². The minimum absolute atomic E-state index is 0.298. The number of halogens is 2. The third kappa shape index (κ3) is 3.38. The van der Waals surface area contributed by atoms with Gasteiger partial charge in [0.2, 0.25) is 0 Å². The lowest BCUT2D eigenvalue weighted by molar-refractivity contribution is 0.0157. The van der Waals surface area contributed by atoms with E-state index in [1.54, 1.807) is 12.1 Å². The fraction of sp³-hybridized carbons (Fsp3) is 0.625. The normalized spacial score (nSPS) is 28.4. The fourth-order valence-corrected chi connectivity index (χ4v) is 3.50. The van der Waals surface area contributed by atoms with Gasteiger partial charge in [0.1, 0.15) is 5.82 Å². The lowest BCUT2D eigenvalue weighted by Gasteiger charge is -2.28. The molecule has 1 aliphatic rings. The molecule has 0 saturated heterocycles. The first-order valence-corrected chi connectivity index (χ1v) is 7.89. The lowest BCUT2D eigenvalue weighted by atomic mass is 9.84. The Morgan fingerprint density at radius 1 is 1.32 bits per heavy atom. The maximum absolute atomic E-state index is 14.0. The molecule has 0 spiro atoms. The van der Waals surface area contributed by atoms with Crippen LogP contribution in [0.15, 0.2) is 22.7 Å². The lowest BCUT2D eigenvalue weighted by Crippen LogP contribution is -2.26. The first kappa shape index (κ1) is 15.0. The molecule has 2 atom stereocenters. The van der Waals surface area contributed by atoms with Crippen molar-refractivity contribution in [3.8, 4) is 0 Å². The van der Waals surface area contributed by atoms with Crippen LogP contribution >= 0.6 is 15.9 Å². The number of rotatable bonds is 2. The van der Waals surface area contributed by atoms with Gasteiger partial charge in [0.25, 0.3) is 0 Å². The Hall–Kier alpha value is -0.410. The zero-order valence-electron chi connectivity index (χ0n) is 11.6. The Morgan fingerprint density at radius 3 is 2.74 bits per heavy atom. The summed E-state index contributed by atoms with van der Waals surface area (Å²) in [5, 5.41) is 10.9. The molecule has 1 aromatic carbocycles. The minimum atomic E-state index is -1.00. The third-order valence-electron chi connectivity index (χ3n) is 4.47. The van der Waals surface area contributed by atoms with E-state index in [4.69, 9.17) is 0 Å². The average Bonchev–Trinajstić information content (AvgIpc) is 2.55. The molecule has 1 aromatic rings. The van der Waals surface area contributed by atoms with Crippen LogP contribution in [0.1, 0.15) is 51.5 Å². The predicted octanol–water partition coefficient (Wildman–Crippen LogP) is 5.01. The molecule has 1 nitrogen and oxygen atoms in total. The summed E-state index contributed by atoms with van der Waals surface area (Å²) in [6.45, 7) is 4.46. The summed E-state index contributed by atoms with van der Waals surface area (Å²) in [7, 11) is 0. The van der Waals surface area contributed by atoms with Gasteiger partial charge in [-0.1, -0.05) is 36.2 Å². The molecule has 106 valence electrons. The summed E-state index contributed by atoms with van der Waals surface area (Å²) in [5.41, 5.74) is -0.552. The summed E-state index contributed by atoms with van der Waals surface area (Å²) in [6, 6.07) is 4.84. The van der Waals surface area contributed by atoms with E-state index in [-0.39, 0.29) is 5.82 Å². The second-order valence-corrected chi connectivity index (χ2v) is 7.01. The van der Waals surface area contributed by atoms with Crippen molar-refractivity contribution in [1.29, 1.82) is 0 Å². The quantitative estimate of drug-likeness (QED) is 0.756. The van der Waals surface area contributed by atoms with Crippen molar-refractivity contribution in [3.63, 3.8) is 0 Å². The van der Waals surface area contributed by atoms with Crippen molar-refractivity contribution in [3.05, 3.63) is 34.1 Å². The number of hydrogen-bond donors (Lipinski definition) is 1. The molecule has 19 heavy (non-hydrogen) atoms. The van der Waals surface area contributed by atoms with Crippen LogP contribution in [0.2, 0.25) is 0 Å². The predicted molar refractivity (Wildman–Crippen MR) is 79.4 cm³/mol. The fourth-order valence-electron chi connectivity index (χ4n) is 3.14. The van der Waals surface area contributed by atoms with Crippen LogP contribution in [-0.4, -0.2) is 5.11 Å².